The van der Waals surface area contributed by atoms with Crippen LogP contribution >= 0.6 is 19.2 Å². The number of hydrogen-bond acceptors (Lipinski definition) is 3. The summed E-state index contributed by atoms with van der Waals surface area (Å²) in [6.45, 7) is 6.20. The standard InChI is InChI=1S/C10H12ClO3P.C3H8/c1-15(12)13-6-5-10(14-15)8-3-2-4-9(11)7-8;1-3-2/h2-4,7,10H,5-6H2,1H3;3H2,1-2H3. The van der Waals surface area contributed by atoms with Gasteiger partial charge in [0.15, 0.2) is 0 Å². The zero-order chi connectivity index (χ0) is 13.6. The SMILES string of the molecule is CCC.CP1(=O)OCCC(c2cccc(Cl)c2)O1. The molecule has 2 unspecified atom stereocenters. The smallest absolute Gasteiger partial charge is 0.309 e. The number of hydrogen-bond donors (Lipinski definition) is 0. The normalized spacial score (nSPS) is 27.2. The summed E-state index contributed by atoms with van der Waals surface area (Å²) >= 11 is 5.88. The summed E-state index contributed by atoms with van der Waals surface area (Å²) in [4.78, 5) is 0. The first-order valence-electron chi connectivity index (χ1n) is 6.14. The molecule has 0 aromatic heterocycles. The number of benzene rings is 1. The maximum absolute atomic E-state index is 11.6. The van der Waals surface area contributed by atoms with E-state index in [1.807, 2.05) is 18.2 Å². The molecule has 0 aliphatic carbocycles. The van der Waals surface area contributed by atoms with E-state index in [0.717, 1.165) is 5.56 Å². The van der Waals surface area contributed by atoms with Gasteiger partial charge in [0.05, 0.1) is 12.7 Å². The third-order valence-electron chi connectivity index (χ3n) is 2.25. The predicted molar refractivity (Wildman–Crippen MR) is 75.3 cm³/mol. The van der Waals surface area contributed by atoms with Crippen molar-refractivity contribution in [2.45, 2.75) is 32.8 Å². The molecule has 2 rings (SSSR count). The van der Waals surface area contributed by atoms with E-state index in [9.17, 15) is 4.57 Å². The summed E-state index contributed by atoms with van der Waals surface area (Å²) < 4.78 is 22.1. The Morgan fingerprint density at radius 1 is 1.44 bits per heavy atom. The average Bonchev–Trinajstić information content (AvgIpc) is 2.29. The first kappa shape index (κ1) is 15.7. The fourth-order valence-corrected chi connectivity index (χ4v) is 2.96. The molecule has 5 heteroatoms. The topological polar surface area (TPSA) is 35.5 Å². The first-order chi connectivity index (χ1) is 8.48. The van der Waals surface area contributed by atoms with Crippen LogP contribution in [0.1, 0.15) is 38.4 Å². The van der Waals surface area contributed by atoms with Gasteiger partial charge in [0.25, 0.3) is 0 Å². The fourth-order valence-electron chi connectivity index (χ4n) is 1.57. The molecule has 1 fully saturated rings. The summed E-state index contributed by atoms with van der Waals surface area (Å²) in [7, 11) is -2.87. The first-order valence-corrected chi connectivity index (χ1v) is 8.51. The fraction of sp³-hybridized carbons (Fsp3) is 0.538. The molecule has 1 saturated heterocycles. The van der Waals surface area contributed by atoms with E-state index in [1.165, 1.54) is 13.1 Å². The molecule has 0 radical (unpaired) electrons. The van der Waals surface area contributed by atoms with Gasteiger partial charge in [-0.2, -0.15) is 0 Å². The van der Waals surface area contributed by atoms with Crippen molar-refractivity contribution in [2.24, 2.45) is 0 Å². The van der Waals surface area contributed by atoms with Gasteiger partial charge in [-0.05, 0) is 17.7 Å². The van der Waals surface area contributed by atoms with Gasteiger partial charge in [-0.15, -0.1) is 0 Å². The summed E-state index contributed by atoms with van der Waals surface area (Å²) in [5, 5.41) is 0.661. The molecule has 1 aromatic rings. The zero-order valence-electron chi connectivity index (χ0n) is 11.1. The van der Waals surface area contributed by atoms with Gasteiger partial charge in [-0.1, -0.05) is 44.0 Å². The zero-order valence-corrected chi connectivity index (χ0v) is 12.7. The van der Waals surface area contributed by atoms with Crippen molar-refractivity contribution in [1.29, 1.82) is 0 Å². The summed E-state index contributed by atoms with van der Waals surface area (Å²) in [5.41, 5.74) is 0.952. The molecular formula is C13H20ClO3P. The van der Waals surface area contributed by atoms with Crippen LogP contribution < -0.4 is 0 Å². The van der Waals surface area contributed by atoms with Crippen LogP contribution in [0.15, 0.2) is 24.3 Å². The Bertz CT molecular complexity index is 422. The van der Waals surface area contributed by atoms with E-state index >= 15 is 0 Å². The van der Waals surface area contributed by atoms with Gasteiger partial charge < -0.3 is 9.05 Å². The highest BCUT2D eigenvalue weighted by molar-refractivity contribution is 7.53. The van der Waals surface area contributed by atoms with Crippen LogP contribution in [0.25, 0.3) is 0 Å². The van der Waals surface area contributed by atoms with Crippen molar-refractivity contribution in [3.63, 3.8) is 0 Å². The number of rotatable bonds is 1. The lowest BCUT2D eigenvalue weighted by molar-refractivity contribution is 0.0845. The second kappa shape index (κ2) is 7.30. The van der Waals surface area contributed by atoms with Gasteiger partial charge in [0, 0.05) is 18.1 Å². The van der Waals surface area contributed by atoms with Crippen LogP contribution in [0.4, 0.5) is 0 Å². The van der Waals surface area contributed by atoms with Crippen LogP contribution in [0.3, 0.4) is 0 Å². The van der Waals surface area contributed by atoms with Crippen molar-refractivity contribution >= 4 is 19.2 Å². The second-order valence-corrected chi connectivity index (χ2v) is 6.70. The van der Waals surface area contributed by atoms with Crippen LogP contribution in [0.2, 0.25) is 5.02 Å². The largest absolute Gasteiger partial charge is 0.328 e. The molecule has 0 spiro atoms. The van der Waals surface area contributed by atoms with Gasteiger partial charge in [0.2, 0.25) is 0 Å². The van der Waals surface area contributed by atoms with E-state index in [1.54, 1.807) is 6.07 Å². The van der Waals surface area contributed by atoms with Crippen LogP contribution in [-0.2, 0) is 13.6 Å². The highest BCUT2D eigenvalue weighted by Gasteiger charge is 2.29. The Hall–Kier alpha value is -0.340. The molecule has 2 atom stereocenters. The van der Waals surface area contributed by atoms with E-state index in [4.69, 9.17) is 20.6 Å². The van der Waals surface area contributed by atoms with Gasteiger partial charge >= 0.3 is 7.60 Å². The lowest BCUT2D eigenvalue weighted by Gasteiger charge is -2.27. The van der Waals surface area contributed by atoms with Crippen LogP contribution in [-0.4, -0.2) is 13.3 Å². The highest BCUT2D eigenvalue weighted by Crippen LogP contribution is 2.52. The average molecular weight is 291 g/mol. The molecule has 0 bridgehead atoms. The van der Waals surface area contributed by atoms with E-state index in [-0.39, 0.29) is 6.10 Å². The van der Waals surface area contributed by atoms with Crippen LogP contribution in [0.5, 0.6) is 0 Å². The Morgan fingerprint density at radius 2 is 2.11 bits per heavy atom. The Kier molecular flexibility index (Phi) is 6.37. The molecule has 1 heterocycles. The maximum atomic E-state index is 11.6. The molecule has 0 saturated carbocycles. The lowest BCUT2D eigenvalue weighted by atomic mass is 10.1. The molecule has 1 aromatic carbocycles. The Labute approximate surface area is 114 Å². The molecule has 0 amide bonds. The van der Waals surface area contributed by atoms with Crippen LogP contribution in [0, 0.1) is 0 Å². The molecular weight excluding hydrogens is 271 g/mol. The van der Waals surface area contributed by atoms with Gasteiger partial charge in [-0.25, -0.2) is 0 Å². The molecule has 1 aliphatic heterocycles. The lowest BCUT2D eigenvalue weighted by Crippen LogP contribution is -2.13. The number of halogens is 1. The maximum Gasteiger partial charge on any atom is 0.328 e. The highest BCUT2D eigenvalue weighted by atomic mass is 35.5. The Balaban J connectivity index is 0.000000492. The second-order valence-electron chi connectivity index (χ2n) is 4.25. The van der Waals surface area contributed by atoms with Gasteiger partial charge in [0.1, 0.15) is 0 Å². The minimum atomic E-state index is -2.87. The summed E-state index contributed by atoms with van der Waals surface area (Å²) in [6, 6.07) is 7.41. The van der Waals surface area contributed by atoms with Crippen molar-refractivity contribution in [1.82, 2.24) is 0 Å². The molecule has 1 aliphatic rings. The van der Waals surface area contributed by atoms with E-state index in [2.05, 4.69) is 13.8 Å². The van der Waals surface area contributed by atoms with E-state index < -0.39 is 7.60 Å². The monoisotopic (exact) mass is 290 g/mol. The third kappa shape index (κ3) is 5.11. The quantitative estimate of drug-likeness (QED) is 0.678. The predicted octanol–water partition coefficient (Wildman–Crippen LogP) is 5.06. The molecule has 18 heavy (non-hydrogen) atoms. The molecule has 0 N–H and O–H groups in total. The van der Waals surface area contributed by atoms with E-state index in [0.29, 0.717) is 18.1 Å². The summed E-state index contributed by atoms with van der Waals surface area (Å²) in [5.74, 6) is 0. The van der Waals surface area contributed by atoms with Gasteiger partial charge in [-0.3, -0.25) is 4.57 Å². The van der Waals surface area contributed by atoms with Crippen molar-refractivity contribution in [3.05, 3.63) is 34.9 Å². The molecule has 3 nitrogen and oxygen atoms in total. The van der Waals surface area contributed by atoms with Crippen molar-refractivity contribution < 1.29 is 13.6 Å². The third-order valence-corrected chi connectivity index (χ3v) is 3.77. The Morgan fingerprint density at radius 3 is 2.67 bits per heavy atom. The minimum Gasteiger partial charge on any atom is -0.309 e. The summed E-state index contributed by atoms with van der Waals surface area (Å²) in [6.07, 6.45) is 1.78. The van der Waals surface area contributed by atoms with Crippen molar-refractivity contribution in [2.75, 3.05) is 13.3 Å². The minimum absolute atomic E-state index is 0.173. The molecule has 102 valence electrons. The van der Waals surface area contributed by atoms with Crippen molar-refractivity contribution in [3.8, 4) is 0 Å².